The lowest BCUT2D eigenvalue weighted by molar-refractivity contribution is -0.139. The summed E-state index contributed by atoms with van der Waals surface area (Å²) in [4.78, 5) is 34.6. The SMILES string of the molecule is CCC(=O)CC[C@H](NC(=O)c1cc(C)cc(C)c1)C(=O)O. The van der Waals surface area contributed by atoms with Gasteiger partial charge < -0.3 is 10.4 Å². The quantitative estimate of drug-likeness (QED) is 0.807. The average molecular weight is 291 g/mol. The number of aryl methyl sites for hydroxylation is 2. The van der Waals surface area contributed by atoms with E-state index >= 15 is 0 Å². The molecular formula is C16H21NO4. The van der Waals surface area contributed by atoms with Gasteiger partial charge in [0, 0.05) is 18.4 Å². The fourth-order valence-corrected chi connectivity index (χ4v) is 2.09. The second kappa shape index (κ2) is 7.57. The summed E-state index contributed by atoms with van der Waals surface area (Å²) in [6.45, 7) is 5.48. The normalized spacial score (nSPS) is 11.8. The molecule has 114 valence electrons. The Morgan fingerprint density at radius 2 is 1.71 bits per heavy atom. The van der Waals surface area contributed by atoms with Crippen molar-refractivity contribution < 1.29 is 19.5 Å². The Kier molecular flexibility index (Phi) is 6.09. The molecule has 1 amide bonds. The highest BCUT2D eigenvalue weighted by Crippen LogP contribution is 2.10. The fraction of sp³-hybridized carbons (Fsp3) is 0.438. The van der Waals surface area contributed by atoms with E-state index < -0.39 is 17.9 Å². The number of carboxylic acids is 1. The first-order valence-electron chi connectivity index (χ1n) is 6.97. The van der Waals surface area contributed by atoms with Crippen LogP contribution in [0.2, 0.25) is 0 Å². The maximum atomic E-state index is 12.1. The molecule has 0 bridgehead atoms. The van der Waals surface area contributed by atoms with Crippen molar-refractivity contribution in [3.8, 4) is 0 Å². The van der Waals surface area contributed by atoms with E-state index in [-0.39, 0.29) is 18.6 Å². The van der Waals surface area contributed by atoms with Crippen LogP contribution in [0.25, 0.3) is 0 Å². The molecule has 0 saturated heterocycles. The molecule has 0 aromatic heterocycles. The molecule has 0 radical (unpaired) electrons. The molecule has 1 aromatic rings. The molecule has 0 spiro atoms. The second-order valence-corrected chi connectivity index (χ2v) is 5.17. The molecule has 0 aliphatic heterocycles. The molecule has 0 unspecified atom stereocenters. The van der Waals surface area contributed by atoms with Gasteiger partial charge in [0.25, 0.3) is 5.91 Å². The number of hydrogen-bond acceptors (Lipinski definition) is 3. The van der Waals surface area contributed by atoms with Crippen LogP contribution in [0, 0.1) is 13.8 Å². The Morgan fingerprint density at radius 1 is 1.14 bits per heavy atom. The van der Waals surface area contributed by atoms with Gasteiger partial charge in [-0.1, -0.05) is 24.1 Å². The van der Waals surface area contributed by atoms with Gasteiger partial charge in [-0.25, -0.2) is 4.79 Å². The van der Waals surface area contributed by atoms with Crippen LogP contribution < -0.4 is 5.32 Å². The first kappa shape index (κ1) is 16.9. The lowest BCUT2D eigenvalue weighted by Gasteiger charge is -2.14. The second-order valence-electron chi connectivity index (χ2n) is 5.17. The Hall–Kier alpha value is -2.17. The number of carboxylic acid groups (broad SMARTS) is 1. The van der Waals surface area contributed by atoms with Gasteiger partial charge in [-0.15, -0.1) is 0 Å². The van der Waals surface area contributed by atoms with Gasteiger partial charge in [0.15, 0.2) is 0 Å². The highest BCUT2D eigenvalue weighted by Gasteiger charge is 2.21. The van der Waals surface area contributed by atoms with Crippen LogP contribution in [0.5, 0.6) is 0 Å². The van der Waals surface area contributed by atoms with E-state index in [1.807, 2.05) is 19.9 Å². The van der Waals surface area contributed by atoms with Gasteiger partial charge in [0.2, 0.25) is 0 Å². The Labute approximate surface area is 124 Å². The third kappa shape index (κ3) is 5.38. The molecule has 0 fully saturated rings. The van der Waals surface area contributed by atoms with Crippen molar-refractivity contribution >= 4 is 17.7 Å². The molecule has 1 atom stereocenters. The highest BCUT2D eigenvalue weighted by molar-refractivity contribution is 5.97. The smallest absolute Gasteiger partial charge is 0.326 e. The molecule has 5 nitrogen and oxygen atoms in total. The number of amides is 1. The Balaban J connectivity index is 2.76. The van der Waals surface area contributed by atoms with Gasteiger partial charge in [-0.3, -0.25) is 9.59 Å². The maximum absolute atomic E-state index is 12.1. The summed E-state index contributed by atoms with van der Waals surface area (Å²) in [7, 11) is 0. The van der Waals surface area contributed by atoms with Crippen molar-refractivity contribution in [2.24, 2.45) is 0 Å². The van der Waals surface area contributed by atoms with Gasteiger partial charge >= 0.3 is 5.97 Å². The van der Waals surface area contributed by atoms with Crippen LogP contribution in [0.4, 0.5) is 0 Å². The fourth-order valence-electron chi connectivity index (χ4n) is 2.09. The lowest BCUT2D eigenvalue weighted by Crippen LogP contribution is -2.41. The summed E-state index contributed by atoms with van der Waals surface area (Å²) in [5.74, 6) is -1.57. The van der Waals surface area contributed by atoms with Crippen LogP contribution in [0.3, 0.4) is 0 Å². The summed E-state index contributed by atoms with van der Waals surface area (Å²) in [5.41, 5.74) is 2.31. The molecule has 5 heteroatoms. The molecule has 21 heavy (non-hydrogen) atoms. The third-order valence-electron chi connectivity index (χ3n) is 3.19. The standard InChI is InChI=1S/C16H21NO4/c1-4-13(18)5-6-14(16(20)21)17-15(19)12-8-10(2)7-11(3)9-12/h7-9,14H,4-6H2,1-3H3,(H,17,19)(H,20,21)/t14-/m0/s1. The van der Waals surface area contributed by atoms with Gasteiger partial charge in [-0.2, -0.15) is 0 Å². The van der Waals surface area contributed by atoms with Crippen molar-refractivity contribution in [3.63, 3.8) is 0 Å². The number of benzene rings is 1. The first-order valence-corrected chi connectivity index (χ1v) is 6.97. The molecular weight excluding hydrogens is 270 g/mol. The van der Waals surface area contributed by atoms with E-state index in [9.17, 15) is 14.4 Å². The predicted octanol–water partition coefficient (Wildman–Crippen LogP) is 2.25. The minimum atomic E-state index is -1.13. The molecule has 1 aromatic carbocycles. The zero-order valence-electron chi connectivity index (χ0n) is 12.6. The van der Waals surface area contributed by atoms with Crippen LogP contribution >= 0.6 is 0 Å². The van der Waals surface area contributed by atoms with E-state index in [0.717, 1.165) is 11.1 Å². The third-order valence-corrected chi connectivity index (χ3v) is 3.19. The van der Waals surface area contributed by atoms with Crippen molar-refractivity contribution in [1.82, 2.24) is 5.32 Å². The Morgan fingerprint density at radius 3 is 2.19 bits per heavy atom. The number of Topliss-reactive ketones (excluding diaryl/α,β-unsaturated/α-hetero) is 1. The number of aliphatic carboxylic acids is 1. The van der Waals surface area contributed by atoms with E-state index in [0.29, 0.717) is 12.0 Å². The zero-order valence-corrected chi connectivity index (χ0v) is 12.6. The van der Waals surface area contributed by atoms with Gasteiger partial charge in [0.1, 0.15) is 11.8 Å². The van der Waals surface area contributed by atoms with E-state index in [2.05, 4.69) is 5.32 Å². The molecule has 2 N–H and O–H groups in total. The minimum absolute atomic E-state index is 0.0121. The van der Waals surface area contributed by atoms with Gasteiger partial charge in [0.05, 0.1) is 0 Å². The molecule has 0 aliphatic rings. The summed E-state index contributed by atoms with van der Waals surface area (Å²) in [6.07, 6.45) is 0.635. The van der Waals surface area contributed by atoms with E-state index in [1.165, 1.54) is 0 Å². The van der Waals surface area contributed by atoms with Crippen molar-refractivity contribution in [3.05, 3.63) is 34.9 Å². The summed E-state index contributed by atoms with van der Waals surface area (Å²) in [5, 5.41) is 11.6. The first-order chi connectivity index (χ1) is 9.83. The summed E-state index contributed by atoms with van der Waals surface area (Å²) < 4.78 is 0. The number of carbonyl (C=O) groups is 3. The van der Waals surface area contributed by atoms with Crippen LogP contribution in [-0.2, 0) is 9.59 Å². The van der Waals surface area contributed by atoms with Crippen LogP contribution in [0.1, 0.15) is 47.7 Å². The number of nitrogens with one attached hydrogen (secondary N) is 1. The van der Waals surface area contributed by atoms with E-state index in [1.54, 1.807) is 19.1 Å². The number of rotatable bonds is 7. The lowest BCUT2D eigenvalue weighted by atomic mass is 10.0. The maximum Gasteiger partial charge on any atom is 0.326 e. The van der Waals surface area contributed by atoms with Crippen molar-refractivity contribution in [2.75, 3.05) is 0 Å². The topological polar surface area (TPSA) is 83.5 Å². The highest BCUT2D eigenvalue weighted by atomic mass is 16.4. The van der Waals surface area contributed by atoms with Crippen LogP contribution in [0.15, 0.2) is 18.2 Å². The number of ketones is 1. The zero-order chi connectivity index (χ0) is 16.0. The predicted molar refractivity (Wildman–Crippen MR) is 79.3 cm³/mol. The number of hydrogen-bond donors (Lipinski definition) is 2. The van der Waals surface area contributed by atoms with Gasteiger partial charge in [-0.05, 0) is 32.4 Å². The largest absolute Gasteiger partial charge is 0.480 e. The van der Waals surface area contributed by atoms with Crippen molar-refractivity contribution in [2.45, 2.75) is 46.1 Å². The molecule has 0 heterocycles. The minimum Gasteiger partial charge on any atom is -0.480 e. The van der Waals surface area contributed by atoms with Crippen LogP contribution in [-0.4, -0.2) is 28.8 Å². The summed E-state index contributed by atoms with van der Waals surface area (Å²) in [6, 6.07) is 4.30. The molecule has 0 aliphatic carbocycles. The number of carbonyl (C=O) groups excluding carboxylic acids is 2. The monoisotopic (exact) mass is 291 g/mol. The molecule has 1 rings (SSSR count). The molecule has 0 saturated carbocycles. The Bertz CT molecular complexity index is 531. The van der Waals surface area contributed by atoms with Crippen molar-refractivity contribution in [1.29, 1.82) is 0 Å². The average Bonchev–Trinajstić information content (AvgIpc) is 2.41. The summed E-state index contributed by atoms with van der Waals surface area (Å²) >= 11 is 0. The van der Waals surface area contributed by atoms with E-state index in [4.69, 9.17) is 5.11 Å².